The molecule has 31 heavy (non-hydrogen) atoms. The van der Waals surface area contributed by atoms with Gasteiger partial charge < -0.3 is 19.5 Å². The summed E-state index contributed by atoms with van der Waals surface area (Å²) >= 11 is 0. The minimum Gasteiger partial charge on any atom is -0.493 e. The van der Waals surface area contributed by atoms with Gasteiger partial charge >= 0.3 is 5.97 Å². The average Bonchev–Trinajstić information content (AvgIpc) is 3.27. The third kappa shape index (κ3) is 5.87. The molecule has 0 atom stereocenters. The Kier molecular flexibility index (Phi) is 7.70. The van der Waals surface area contributed by atoms with E-state index in [9.17, 15) is 9.59 Å². The van der Waals surface area contributed by atoms with Crippen molar-refractivity contribution in [1.29, 1.82) is 0 Å². The molecular formula is C25H29NO5. The highest BCUT2D eigenvalue weighted by Crippen LogP contribution is 2.31. The van der Waals surface area contributed by atoms with Gasteiger partial charge in [0.15, 0.2) is 11.5 Å². The first kappa shape index (κ1) is 22.4. The van der Waals surface area contributed by atoms with Gasteiger partial charge in [0.05, 0.1) is 13.7 Å². The van der Waals surface area contributed by atoms with Gasteiger partial charge in [0.1, 0.15) is 12.1 Å². The number of carbonyl (C=O) groups excluding carboxylic acids is 2. The van der Waals surface area contributed by atoms with Crippen LogP contribution in [0.2, 0.25) is 0 Å². The first-order chi connectivity index (χ1) is 15.1. The van der Waals surface area contributed by atoms with Crippen molar-refractivity contribution in [3.05, 3.63) is 65.7 Å². The van der Waals surface area contributed by atoms with Gasteiger partial charge in [0.25, 0.3) is 0 Å². The molecule has 0 aromatic heterocycles. The zero-order chi connectivity index (χ0) is 22.1. The normalized spacial score (nSPS) is 14.9. The Hall–Kier alpha value is -3.28. The molecule has 1 saturated carbocycles. The maximum atomic E-state index is 12.5. The third-order valence-corrected chi connectivity index (χ3v) is 5.34. The second-order valence-corrected chi connectivity index (χ2v) is 7.52. The highest BCUT2D eigenvalue weighted by molar-refractivity contribution is 5.96. The third-order valence-electron chi connectivity index (χ3n) is 5.34. The van der Waals surface area contributed by atoms with Gasteiger partial charge in [-0.3, -0.25) is 4.79 Å². The molecule has 0 saturated heterocycles. The molecule has 2 aromatic rings. The Morgan fingerprint density at radius 1 is 1.06 bits per heavy atom. The summed E-state index contributed by atoms with van der Waals surface area (Å²) in [4.78, 5) is 24.9. The van der Waals surface area contributed by atoms with Gasteiger partial charge in [0, 0.05) is 6.08 Å². The molecule has 6 nitrogen and oxygen atoms in total. The highest BCUT2D eigenvalue weighted by atomic mass is 16.5. The predicted molar refractivity (Wildman–Crippen MR) is 119 cm³/mol. The smallest absolute Gasteiger partial charge is 0.331 e. The number of methoxy groups -OCH3 is 1. The van der Waals surface area contributed by atoms with Crippen molar-refractivity contribution in [1.82, 2.24) is 5.32 Å². The van der Waals surface area contributed by atoms with Crippen LogP contribution in [0.25, 0.3) is 6.08 Å². The Labute approximate surface area is 183 Å². The summed E-state index contributed by atoms with van der Waals surface area (Å²) in [5.74, 6) is 0.534. The zero-order valence-corrected chi connectivity index (χ0v) is 18.1. The molecule has 1 aliphatic carbocycles. The SMILES string of the molecule is CCOC(=O)C1(NC(=O)/C=C/c2ccc(OCc3ccccc3)c(OC)c2)CCCC1. The molecule has 3 rings (SSSR count). The van der Waals surface area contributed by atoms with E-state index in [1.165, 1.54) is 6.08 Å². The fraction of sp³-hybridized carbons (Fsp3) is 0.360. The summed E-state index contributed by atoms with van der Waals surface area (Å²) in [6, 6.07) is 15.4. The number of esters is 1. The van der Waals surface area contributed by atoms with Gasteiger partial charge in [-0.1, -0.05) is 49.2 Å². The summed E-state index contributed by atoms with van der Waals surface area (Å²) in [7, 11) is 1.58. The van der Waals surface area contributed by atoms with Crippen LogP contribution in [-0.2, 0) is 20.9 Å². The molecule has 0 radical (unpaired) electrons. The molecule has 164 valence electrons. The van der Waals surface area contributed by atoms with E-state index in [-0.39, 0.29) is 11.9 Å². The van der Waals surface area contributed by atoms with Crippen LogP contribution in [0.1, 0.15) is 43.7 Å². The van der Waals surface area contributed by atoms with Gasteiger partial charge in [-0.05, 0) is 49.1 Å². The van der Waals surface area contributed by atoms with Gasteiger partial charge in [-0.15, -0.1) is 0 Å². The highest BCUT2D eigenvalue weighted by Gasteiger charge is 2.43. The number of benzene rings is 2. The van der Waals surface area contributed by atoms with Crippen molar-refractivity contribution in [3.63, 3.8) is 0 Å². The summed E-state index contributed by atoms with van der Waals surface area (Å²) in [5, 5.41) is 2.87. The number of carbonyl (C=O) groups is 2. The number of hydrogen-bond acceptors (Lipinski definition) is 5. The maximum Gasteiger partial charge on any atom is 0.331 e. The van der Waals surface area contributed by atoms with Crippen molar-refractivity contribution in [2.45, 2.75) is 44.8 Å². The lowest BCUT2D eigenvalue weighted by Gasteiger charge is -2.27. The number of amides is 1. The van der Waals surface area contributed by atoms with Crippen LogP contribution in [0.4, 0.5) is 0 Å². The molecule has 0 spiro atoms. The van der Waals surface area contributed by atoms with Crippen molar-refractivity contribution in [2.75, 3.05) is 13.7 Å². The fourth-order valence-electron chi connectivity index (χ4n) is 3.72. The Bertz CT molecular complexity index is 917. The number of hydrogen-bond donors (Lipinski definition) is 1. The second kappa shape index (κ2) is 10.7. The van der Waals surface area contributed by atoms with Crippen molar-refractivity contribution >= 4 is 18.0 Å². The van der Waals surface area contributed by atoms with Crippen LogP contribution in [-0.4, -0.2) is 31.1 Å². The lowest BCUT2D eigenvalue weighted by atomic mass is 9.97. The van der Waals surface area contributed by atoms with E-state index in [1.54, 1.807) is 26.2 Å². The number of rotatable bonds is 9. The van der Waals surface area contributed by atoms with E-state index in [1.807, 2.05) is 42.5 Å². The van der Waals surface area contributed by atoms with Gasteiger partial charge in [0.2, 0.25) is 5.91 Å². The van der Waals surface area contributed by atoms with Crippen molar-refractivity contribution < 1.29 is 23.8 Å². The van der Waals surface area contributed by atoms with E-state index < -0.39 is 5.54 Å². The van der Waals surface area contributed by atoms with Crippen LogP contribution >= 0.6 is 0 Å². The summed E-state index contributed by atoms with van der Waals surface area (Å²) in [6.45, 7) is 2.50. The summed E-state index contributed by atoms with van der Waals surface area (Å²) in [6.07, 6.45) is 6.11. The number of ether oxygens (including phenoxy) is 3. The molecule has 0 unspecified atom stereocenters. The lowest BCUT2D eigenvalue weighted by molar-refractivity contribution is -0.152. The molecule has 0 heterocycles. The number of nitrogens with one attached hydrogen (secondary N) is 1. The Morgan fingerprint density at radius 3 is 2.48 bits per heavy atom. The molecule has 6 heteroatoms. The van der Waals surface area contributed by atoms with Crippen LogP contribution in [0.3, 0.4) is 0 Å². The molecule has 1 N–H and O–H groups in total. The molecule has 1 fully saturated rings. The van der Waals surface area contributed by atoms with E-state index in [0.29, 0.717) is 37.6 Å². The first-order valence-electron chi connectivity index (χ1n) is 10.6. The molecule has 0 bridgehead atoms. The predicted octanol–water partition coefficient (Wildman–Crippen LogP) is 4.28. The Balaban J connectivity index is 1.64. The van der Waals surface area contributed by atoms with E-state index in [0.717, 1.165) is 24.0 Å². The average molecular weight is 424 g/mol. The monoisotopic (exact) mass is 423 g/mol. The Morgan fingerprint density at radius 2 is 1.81 bits per heavy atom. The largest absolute Gasteiger partial charge is 0.493 e. The summed E-state index contributed by atoms with van der Waals surface area (Å²) < 4.78 is 16.5. The van der Waals surface area contributed by atoms with E-state index in [2.05, 4.69) is 5.32 Å². The maximum absolute atomic E-state index is 12.5. The standard InChI is InChI=1S/C25H29NO5/c1-3-30-24(28)25(15-7-8-16-25)26-23(27)14-12-19-11-13-21(22(17-19)29-2)31-18-20-9-5-4-6-10-20/h4-6,9-14,17H,3,7-8,15-16,18H2,1-2H3,(H,26,27)/b14-12+. The second-order valence-electron chi connectivity index (χ2n) is 7.52. The lowest BCUT2D eigenvalue weighted by Crippen LogP contribution is -2.52. The molecule has 1 aliphatic rings. The summed E-state index contributed by atoms with van der Waals surface area (Å²) in [5.41, 5.74) is 0.938. The van der Waals surface area contributed by atoms with Crippen LogP contribution in [0, 0.1) is 0 Å². The quantitative estimate of drug-likeness (QED) is 0.481. The minimum absolute atomic E-state index is 0.296. The zero-order valence-electron chi connectivity index (χ0n) is 18.1. The molecule has 1 amide bonds. The van der Waals surface area contributed by atoms with Crippen molar-refractivity contribution in [2.24, 2.45) is 0 Å². The van der Waals surface area contributed by atoms with E-state index in [4.69, 9.17) is 14.2 Å². The van der Waals surface area contributed by atoms with Crippen LogP contribution in [0.5, 0.6) is 11.5 Å². The van der Waals surface area contributed by atoms with Crippen LogP contribution < -0.4 is 14.8 Å². The molecular weight excluding hydrogens is 394 g/mol. The van der Waals surface area contributed by atoms with Gasteiger partial charge in [-0.25, -0.2) is 4.79 Å². The topological polar surface area (TPSA) is 73.9 Å². The minimum atomic E-state index is -0.912. The fourth-order valence-corrected chi connectivity index (χ4v) is 3.72. The van der Waals surface area contributed by atoms with Gasteiger partial charge in [-0.2, -0.15) is 0 Å². The van der Waals surface area contributed by atoms with Crippen LogP contribution in [0.15, 0.2) is 54.6 Å². The van der Waals surface area contributed by atoms with Crippen molar-refractivity contribution in [3.8, 4) is 11.5 Å². The molecule has 2 aromatic carbocycles. The molecule has 0 aliphatic heterocycles. The first-order valence-corrected chi connectivity index (χ1v) is 10.6. The van der Waals surface area contributed by atoms with E-state index >= 15 is 0 Å².